The molecule has 5 heteroatoms. The van der Waals surface area contributed by atoms with Crippen molar-refractivity contribution in [3.8, 4) is 0 Å². The first-order valence-electron chi connectivity index (χ1n) is 3.20. The Morgan fingerprint density at radius 1 is 1.64 bits per heavy atom. The molecule has 0 atom stereocenters. The topological polar surface area (TPSA) is 45.8 Å². The van der Waals surface area contributed by atoms with Crippen LogP contribution in [0, 0.1) is 0 Å². The summed E-state index contributed by atoms with van der Waals surface area (Å²) in [4.78, 5) is 17.7. The Bertz CT molecular complexity index is 447. The summed E-state index contributed by atoms with van der Waals surface area (Å²) in [7, 11) is 1.95. The molecule has 0 spiro atoms. The first-order chi connectivity index (χ1) is 5.29. The molecule has 0 aliphatic carbocycles. The molecule has 0 aliphatic heterocycles. The van der Waals surface area contributed by atoms with Gasteiger partial charge in [-0.15, -0.1) is 11.3 Å². The van der Waals surface area contributed by atoms with E-state index in [-0.39, 0.29) is 5.56 Å². The lowest BCUT2D eigenvalue weighted by Gasteiger charge is -1.86. The van der Waals surface area contributed by atoms with Gasteiger partial charge < -0.3 is 4.98 Å². The highest BCUT2D eigenvalue weighted by atomic mass is 32.1. The number of fused-ring (bicyclic) bond motifs is 1. The fourth-order valence-electron chi connectivity index (χ4n) is 0.981. The normalized spacial score (nSPS) is 10.5. The standard InChI is InChI=1S/C6H5BN2OS/c7-3-1-11-5-4(3)8-2-9-6(5)10/h1-2H,7H2,(H,8,9,10). The van der Waals surface area contributed by atoms with Crippen molar-refractivity contribution in [2.45, 2.75) is 0 Å². The predicted molar refractivity (Wildman–Crippen MR) is 48.4 cm³/mol. The van der Waals surface area contributed by atoms with Crippen molar-refractivity contribution in [2.24, 2.45) is 0 Å². The molecule has 11 heavy (non-hydrogen) atoms. The van der Waals surface area contributed by atoms with Crippen molar-refractivity contribution in [3.05, 3.63) is 22.1 Å². The summed E-state index contributed by atoms with van der Waals surface area (Å²) in [6.07, 6.45) is 1.43. The highest BCUT2D eigenvalue weighted by molar-refractivity contribution is 7.18. The Kier molecular flexibility index (Phi) is 1.32. The van der Waals surface area contributed by atoms with E-state index in [1.807, 2.05) is 13.2 Å². The maximum atomic E-state index is 11.1. The Labute approximate surface area is 67.5 Å². The van der Waals surface area contributed by atoms with E-state index >= 15 is 0 Å². The van der Waals surface area contributed by atoms with Crippen molar-refractivity contribution < 1.29 is 0 Å². The molecular formula is C6H5BN2OS. The first-order valence-corrected chi connectivity index (χ1v) is 4.08. The Morgan fingerprint density at radius 3 is 3.18 bits per heavy atom. The van der Waals surface area contributed by atoms with Crippen LogP contribution in [0.1, 0.15) is 0 Å². The van der Waals surface area contributed by atoms with Crippen LogP contribution < -0.4 is 11.0 Å². The number of rotatable bonds is 0. The number of aromatic nitrogens is 2. The van der Waals surface area contributed by atoms with Crippen LogP contribution in [-0.2, 0) is 0 Å². The van der Waals surface area contributed by atoms with Crippen LogP contribution in [0.15, 0.2) is 16.5 Å². The number of hydrogen-bond acceptors (Lipinski definition) is 3. The third-order valence-electron chi connectivity index (χ3n) is 1.54. The van der Waals surface area contributed by atoms with Gasteiger partial charge in [-0.25, -0.2) is 4.98 Å². The van der Waals surface area contributed by atoms with E-state index in [0.29, 0.717) is 4.70 Å². The van der Waals surface area contributed by atoms with Gasteiger partial charge in [0.2, 0.25) is 0 Å². The van der Waals surface area contributed by atoms with Crippen LogP contribution in [0.25, 0.3) is 10.2 Å². The molecule has 0 saturated heterocycles. The van der Waals surface area contributed by atoms with E-state index < -0.39 is 0 Å². The summed E-state index contributed by atoms with van der Waals surface area (Å²) in [5.74, 6) is 0. The summed E-state index contributed by atoms with van der Waals surface area (Å²) in [6, 6.07) is 0. The van der Waals surface area contributed by atoms with E-state index in [2.05, 4.69) is 9.97 Å². The average Bonchev–Trinajstić information content (AvgIpc) is 2.35. The molecule has 0 bridgehead atoms. The zero-order chi connectivity index (χ0) is 7.84. The molecule has 0 aliphatic rings. The number of aromatic amines is 1. The maximum absolute atomic E-state index is 11.1. The third-order valence-corrected chi connectivity index (χ3v) is 2.62. The quantitative estimate of drug-likeness (QED) is 0.520. The van der Waals surface area contributed by atoms with Gasteiger partial charge in [-0.2, -0.15) is 0 Å². The van der Waals surface area contributed by atoms with Crippen molar-refractivity contribution in [3.63, 3.8) is 0 Å². The molecule has 54 valence electrons. The van der Waals surface area contributed by atoms with Crippen LogP contribution >= 0.6 is 11.3 Å². The van der Waals surface area contributed by atoms with Crippen molar-refractivity contribution >= 4 is 34.9 Å². The van der Waals surface area contributed by atoms with Crippen molar-refractivity contribution in [1.29, 1.82) is 0 Å². The highest BCUT2D eigenvalue weighted by Gasteiger charge is 2.02. The molecule has 2 aromatic heterocycles. The molecule has 0 fully saturated rings. The highest BCUT2D eigenvalue weighted by Crippen LogP contribution is 2.08. The summed E-state index contributed by atoms with van der Waals surface area (Å²) in [5.41, 5.74) is 1.84. The van der Waals surface area contributed by atoms with Crippen LogP contribution in [0.3, 0.4) is 0 Å². The van der Waals surface area contributed by atoms with E-state index in [1.165, 1.54) is 17.7 Å². The minimum Gasteiger partial charge on any atom is -0.312 e. The van der Waals surface area contributed by atoms with Crippen molar-refractivity contribution in [2.75, 3.05) is 0 Å². The summed E-state index contributed by atoms with van der Waals surface area (Å²) in [6.45, 7) is 0. The van der Waals surface area contributed by atoms with Gasteiger partial charge in [-0.1, -0.05) is 5.46 Å². The zero-order valence-corrected chi connectivity index (χ0v) is 6.73. The molecule has 3 nitrogen and oxygen atoms in total. The molecule has 2 rings (SSSR count). The largest absolute Gasteiger partial charge is 0.312 e. The lowest BCUT2D eigenvalue weighted by Crippen LogP contribution is -2.07. The Morgan fingerprint density at radius 2 is 2.45 bits per heavy atom. The Hall–Kier alpha value is -1.10. The maximum Gasteiger partial charge on any atom is 0.268 e. The van der Waals surface area contributed by atoms with E-state index in [4.69, 9.17) is 0 Å². The summed E-state index contributed by atoms with van der Waals surface area (Å²) in [5, 5.41) is 1.94. The fourth-order valence-corrected chi connectivity index (χ4v) is 1.88. The second kappa shape index (κ2) is 2.20. The van der Waals surface area contributed by atoms with Crippen molar-refractivity contribution in [1.82, 2.24) is 9.97 Å². The van der Waals surface area contributed by atoms with Gasteiger partial charge >= 0.3 is 0 Å². The molecule has 0 aromatic carbocycles. The second-order valence-corrected chi connectivity index (χ2v) is 3.21. The van der Waals surface area contributed by atoms with Gasteiger partial charge in [-0.3, -0.25) is 4.79 Å². The second-order valence-electron chi connectivity index (χ2n) is 2.33. The van der Waals surface area contributed by atoms with Crippen LogP contribution in [0.5, 0.6) is 0 Å². The fraction of sp³-hybridized carbons (Fsp3) is 0. The van der Waals surface area contributed by atoms with Crippen LogP contribution in [0.2, 0.25) is 0 Å². The lowest BCUT2D eigenvalue weighted by molar-refractivity contribution is 1.18. The van der Waals surface area contributed by atoms with Gasteiger partial charge in [0.05, 0.1) is 11.8 Å². The van der Waals surface area contributed by atoms with Gasteiger partial charge in [0.15, 0.2) is 0 Å². The summed E-state index contributed by atoms with van der Waals surface area (Å²) < 4.78 is 0.713. The number of nitrogens with zero attached hydrogens (tertiary/aromatic N) is 1. The molecule has 2 aromatic rings. The SMILES string of the molecule is Bc1csc2c(=O)[nH]cnc12. The zero-order valence-electron chi connectivity index (χ0n) is 5.92. The lowest BCUT2D eigenvalue weighted by atomic mass is 9.99. The summed E-state index contributed by atoms with van der Waals surface area (Å²) >= 11 is 1.43. The van der Waals surface area contributed by atoms with Crippen LogP contribution in [-0.4, -0.2) is 17.8 Å². The molecule has 2 heterocycles. The Balaban J connectivity index is 3.06. The monoisotopic (exact) mass is 164 g/mol. The molecule has 0 radical (unpaired) electrons. The van der Waals surface area contributed by atoms with Gasteiger partial charge in [0.25, 0.3) is 5.56 Å². The average molecular weight is 164 g/mol. The smallest absolute Gasteiger partial charge is 0.268 e. The molecule has 0 saturated carbocycles. The van der Waals surface area contributed by atoms with Gasteiger partial charge in [-0.05, 0) is 5.38 Å². The molecule has 1 N–H and O–H groups in total. The number of H-pyrrole nitrogens is 1. The van der Waals surface area contributed by atoms with Gasteiger partial charge in [0, 0.05) is 0 Å². The first kappa shape index (κ1) is 6.60. The van der Waals surface area contributed by atoms with Gasteiger partial charge in [0.1, 0.15) is 12.5 Å². The minimum atomic E-state index is -0.0481. The number of thiophene rings is 1. The van der Waals surface area contributed by atoms with E-state index in [1.54, 1.807) is 0 Å². The van der Waals surface area contributed by atoms with E-state index in [9.17, 15) is 4.79 Å². The molecule has 0 amide bonds. The molecule has 0 unspecified atom stereocenters. The third kappa shape index (κ3) is 0.885. The predicted octanol–water partition coefficient (Wildman–Crippen LogP) is -0.757. The molecular weight excluding hydrogens is 159 g/mol. The van der Waals surface area contributed by atoms with Crippen LogP contribution in [0.4, 0.5) is 0 Å². The number of hydrogen-bond donors (Lipinski definition) is 1. The van der Waals surface area contributed by atoms with E-state index in [0.717, 1.165) is 11.0 Å². The number of nitrogens with one attached hydrogen (secondary N) is 1. The minimum absolute atomic E-state index is 0.0481.